The standard InChI is InChI=1S/C15H13Br2F/c1-10-3-2-4-11(7-10)8-15(17)13-9-12(18)5-6-14(13)16/h2-7,9,15H,8H2,1H3. The Hall–Kier alpha value is -0.670. The average molecular weight is 372 g/mol. The van der Waals surface area contributed by atoms with Crippen molar-refractivity contribution in [2.24, 2.45) is 0 Å². The highest BCUT2D eigenvalue weighted by Crippen LogP contribution is 2.33. The van der Waals surface area contributed by atoms with Crippen LogP contribution in [0.15, 0.2) is 46.9 Å². The summed E-state index contributed by atoms with van der Waals surface area (Å²) in [4.78, 5) is 0.101. The molecule has 18 heavy (non-hydrogen) atoms. The van der Waals surface area contributed by atoms with Crippen LogP contribution < -0.4 is 0 Å². The van der Waals surface area contributed by atoms with Crippen LogP contribution in [0.25, 0.3) is 0 Å². The number of aryl methyl sites for hydroxylation is 1. The minimum absolute atomic E-state index is 0.101. The molecule has 0 nitrogen and oxygen atoms in total. The summed E-state index contributed by atoms with van der Waals surface area (Å²) in [6.45, 7) is 2.07. The molecule has 0 N–H and O–H groups in total. The lowest BCUT2D eigenvalue weighted by molar-refractivity contribution is 0.624. The number of hydrogen-bond donors (Lipinski definition) is 0. The van der Waals surface area contributed by atoms with Crippen molar-refractivity contribution in [3.05, 3.63) is 69.4 Å². The first-order valence-electron chi connectivity index (χ1n) is 5.71. The summed E-state index contributed by atoms with van der Waals surface area (Å²) in [5.41, 5.74) is 3.43. The molecule has 0 fully saturated rings. The number of halogens is 3. The van der Waals surface area contributed by atoms with Gasteiger partial charge in [0.2, 0.25) is 0 Å². The predicted molar refractivity (Wildman–Crippen MR) is 80.7 cm³/mol. The fourth-order valence-corrected chi connectivity index (χ4v) is 3.49. The first-order chi connectivity index (χ1) is 8.56. The van der Waals surface area contributed by atoms with Gasteiger partial charge in [0.1, 0.15) is 5.82 Å². The first-order valence-corrected chi connectivity index (χ1v) is 7.41. The summed E-state index contributed by atoms with van der Waals surface area (Å²) in [6.07, 6.45) is 0.837. The molecule has 3 heteroatoms. The molecule has 1 unspecified atom stereocenters. The van der Waals surface area contributed by atoms with Gasteiger partial charge in [0.05, 0.1) is 0 Å². The number of alkyl halides is 1. The maximum atomic E-state index is 13.3. The maximum Gasteiger partial charge on any atom is 0.123 e. The zero-order valence-electron chi connectivity index (χ0n) is 9.96. The van der Waals surface area contributed by atoms with Crippen molar-refractivity contribution in [2.75, 3.05) is 0 Å². The van der Waals surface area contributed by atoms with Gasteiger partial charge in [0.15, 0.2) is 0 Å². The van der Waals surface area contributed by atoms with Gasteiger partial charge in [0, 0.05) is 9.30 Å². The second kappa shape index (κ2) is 5.98. The van der Waals surface area contributed by atoms with Crippen molar-refractivity contribution in [2.45, 2.75) is 18.2 Å². The van der Waals surface area contributed by atoms with Crippen LogP contribution in [-0.2, 0) is 6.42 Å². The van der Waals surface area contributed by atoms with E-state index in [0.717, 1.165) is 16.5 Å². The Balaban J connectivity index is 2.21. The van der Waals surface area contributed by atoms with Crippen LogP contribution in [0.2, 0.25) is 0 Å². The van der Waals surface area contributed by atoms with Crippen molar-refractivity contribution in [1.29, 1.82) is 0 Å². The van der Waals surface area contributed by atoms with E-state index in [2.05, 4.69) is 57.0 Å². The van der Waals surface area contributed by atoms with Gasteiger partial charge in [-0.15, -0.1) is 0 Å². The summed E-state index contributed by atoms with van der Waals surface area (Å²) >= 11 is 7.10. The van der Waals surface area contributed by atoms with Crippen molar-refractivity contribution < 1.29 is 4.39 Å². The van der Waals surface area contributed by atoms with Gasteiger partial charge in [-0.05, 0) is 42.7 Å². The molecule has 0 spiro atoms. The van der Waals surface area contributed by atoms with E-state index >= 15 is 0 Å². The van der Waals surface area contributed by atoms with Crippen molar-refractivity contribution in [1.82, 2.24) is 0 Å². The maximum absolute atomic E-state index is 13.3. The minimum Gasteiger partial charge on any atom is -0.207 e. The predicted octanol–water partition coefficient (Wildman–Crippen LogP) is 5.58. The molecule has 2 aromatic carbocycles. The van der Waals surface area contributed by atoms with Crippen molar-refractivity contribution >= 4 is 31.9 Å². The summed E-state index contributed by atoms with van der Waals surface area (Å²) in [5, 5.41) is 0. The zero-order valence-corrected chi connectivity index (χ0v) is 13.1. The summed E-state index contributed by atoms with van der Waals surface area (Å²) in [6, 6.07) is 13.1. The quantitative estimate of drug-likeness (QED) is 0.618. The van der Waals surface area contributed by atoms with Crippen molar-refractivity contribution in [3.8, 4) is 0 Å². The van der Waals surface area contributed by atoms with Gasteiger partial charge in [-0.3, -0.25) is 0 Å². The molecule has 2 aromatic rings. The fourth-order valence-electron chi connectivity index (χ4n) is 1.91. The SMILES string of the molecule is Cc1cccc(CC(Br)c2cc(F)ccc2Br)c1. The molecule has 0 saturated heterocycles. The van der Waals surface area contributed by atoms with Crippen LogP contribution in [0, 0.1) is 12.7 Å². The summed E-state index contributed by atoms with van der Waals surface area (Å²) in [5.74, 6) is -0.207. The molecule has 2 rings (SSSR count). The van der Waals surface area contributed by atoms with Crippen LogP contribution in [0.4, 0.5) is 4.39 Å². The van der Waals surface area contributed by atoms with Gasteiger partial charge in [-0.1, -0.05) is 61.7 Å². The molecule has 1 atom stereocenters. The van der Waals surface area contributed by atoms with Crippen LogP contribution in [0.1, 0.15) is 21.5 Å². The van der Waals surface area contributed by atoms with Crippen LogP contribution in [0.5, 0.6) is 0 Å². The lowest BCUT2D eigenvalue weighted by Crippen LogP contribution is -1.97. The summed E-state index contributed by atoms with van der Waals surface area (Å²) < 4.78 is 14.2. The molecule has 0 bridgehead atoms. The molecule has 0 aliphatic heterocycles. The highest BCUT2D eigenvalue weighted by Gasteiger charge is 2.13. The van der Waals surface area contributed by atoms with E-state index in [9.17, 15) is 4.39 Å². The molecule has 0 saturated carbocycles. The highest BCUT2D eigenvalue weighted by molar-refractivity contribution is 9.11. The Morgan fingerprint density at radius 2 is 1.94 bits per heavy atom. The van der Waals surface area contributed by atoms with Gasteiger partial charge >= 0.3 is 0 Å². The van der Waals surface area contributed by atoms with E-state index in [4.69, 9.17) is 0 Å². The smallest absolute Gasteiger partial charge is 0.123 e. The topological polar surface area (TPSA) is 0 Å². The average Bonchev–Trinajstić information content (AvgIpc) is 2.32. The zero-order chi connectivity index (χ0) is 13.1. The molecular weight excluding hydrogens is 359 g/mol. The van der Waals surface area contributed by atoms with E-state index in [1.807, 2.05) is 6.07 Å². The second-order valence-electron chi connectivity index (χ2n) is 4.33. The lowest BCUT2D eigenvalue weighted by Gasteiger charge is -2.13. The fraction of sp³-hybridized carbons (Fsp3) is 0.200. The summed E-state index contributed by atoms with van der Waals surface area (Å²) in [7, 11) is 0. The normalized spacial score (nSPS) is 12.4. The van der Waals surface area contributed by atoms with Gasteiger partial charge in [-0.2, -0.15) is 0 Å². The Morgan fingerprint density at radius 1 is 1.17 bits per heavy atom. The molecule has 0 heterocycles. The van der Waals surface area contributed by atoms with E-state index in [-0.39, 0.29) is 10.6 Å². The van der Waals surface area contributed by atoms with Crippen LogP contribution in [0.3, 0.4) is 0 Å². The van der Waals surface area contributed by atoms with E-state index in [1.165, 1.54) is 17.2 Å². The molecule has 0 radical (unpaired) electrons. The molecular formula is C15H13Br2F. The Morgan fingerprint density at radius 3 is 2.67 bits per heavy atom. The van der Waals surface area contributed by atoms with E-state index in [0.29, 0.717) is 0 Å². The Kier molecular flexibility index (Phi) is 4.57. The molecule has 0 amide bonds. The third kappa shape index (κ3) is 3.42. The van der Waals surface area contributed by atoms with E-state index < -0.39 is 0 Å². The van der Waals surface area contributed by atoms with Crippen LogP contribution in [-0.4, -0.2) is 0 Å². The molecule has 0 aliphatic rings. The number of benzene rings is 2. The van der Waals surface area contributed by atoms with Crippen LogP contribution >= 0.6 is 31.9 Å². The van der Waals surface area contributed by atoms with Crippen molar-refractivity contribution in [3.63, 3.8) is 0 Å². The largest absolute Gasteiger partial charge is 0.207 e. The minimum atomic E-state index is -0.207. The number of rotatable bonds is 3. The van der Waals surface area contributed by atoms with Gasteiger partial charge in [0.25, 0.3) is 0 Å². The monoisotopic (exact) mass is 370 g/mol. The molecule has 0 aliphatic carbocycles. The second-order valence-corrected chi connectivity index (χ2v) is 6.29. The highest BCUT2D eigenvalue weighted by atomic mass is 79.9. The third-order valence-corrected chi connectivity index (χ3v) is 4.33. The molecule has 94 valence electrons. The third-order valence-electron chi connectivity index (χ3n) is 2.79. The Bertz CT molecular complexity index is 552. The first kappa shape index (κ1) is 13.8. The van der Waals surface area contributed by atoms with Gasteiger partial charge < -0.3 is 0 Å². The number of hydrogen-bond acceptors (Lipinski definition) is 0. The van der Waals surface area contributed by atoms with E-state index in [1.54, 1.807) is 12.1 Å². The Labute approximate surface area is 123 Å². The molecule has 0 aromatic heterocycles. The van der Waals surface area contributed by atoms with Gasteiger partial charge in [-0.25, -0.2) is 4.39 Å². The lowest BCUT2D eigenvalue weighted by atomic mass is 10.0.